The first-order valence-electron chi connectivity index (χ1n) is 29.7. The normalized spacial score (nSPS) is 19.7. The highest BCUT2D eigenvalue weighted by Gasteiger charge is 2.44. The molecule has 1 heterocycles. The number of nitrogens with one attached hydrogen (secondary N) is 1. The minimum absolute atomic E-state index is 0.174. The van der Waals surface area contributed by atoms with Crippen LogP contribution in [0.25, 0.3) is 0 Å². The summed E-state index contributed by atoms with van der Waals surface area (Å²) in [5.74, 6) is -0.174. The number of ether oxygens (including phenoxy) is 2. The van der Waals surface area contributed by atoms with Crippen molar-refractivity contribution >= 4 is 5.91 Å². The molecule has 0 aliphatic carbocycles. The number of hydrogen-bond acceptors (Lipinski definition) is 8. The van der Waals surface area contributed by atoms with Crippen molar-refractivity contribution in [2.75, 3.05) is 13.2 Å². The number of carbonyl (C=O) groups is 1. The van der Waals surface area contributed by atoms with E-state index >= 15 is 0 Å². The number of amides is 1. The van der Waals surface area contributed by atoms with Crippen molar-refractivity contribution in [3.63, 3.8) is 0 Å². The highest BCUT2D eigenvalue weighted by atomic mass is 16.7. The third-order valence-electron chi connectivity index (χ3n) is 14.2. The Morgan fingerprint density at radius 2 is 0.855 bits per heavy atom. The molecule has 0 aromatic rings. The largest absolute Gasteiger partial charge is 0.394 e. The highest BCUT2D eigenvalue weighted by Crippen LogP contribution is 2.23. The summed E-state index contributed by atoms with van der Waals surface area (Å²) in [7, 11) is 0. The van der Waals surface area contributed by atoms with Gasteiger partial charge >= 0.3 is 0 Å². The molecule has 0 radical (unpaired) electrons. The monoisotopic (exact) mass is 976 g/mol. The molecule has 0 aromatic heterocycles. The van der Waals surface area contributed by atoms with Gasteiger partial charge in [0.05, 0.1) is 25.4 Å². The average molecular weight is 977 g/mol. The Kier molecular flexibility index (Phi) is 47.4. The molecule has 69 heavy (non-hydrogen) atoms. The van der Waals surface area contributed by atoms with E-state index in [1.807, 2.05) is 6.08 Å². The van der Waals surface area contributed by atoms with Crippen molar-refractivity contribution in [1.82, 2.24) is 5.32 Å². The maximum absolute atomic E-state index is 13.0. The maximum Gasteiger partial charge on any atom is 0.220 e. The molecule has 1 fully saturated rings. The number of rotatable bonds is 51. The van der Waals surface area contributed by atoms with Crippen LogP contribution in [0, 0.1) is 0 Å². The number of hydrogen-bond donors (Lipinski definition) is 6. The van der Waals surface area contributed by atoms with Crippen LogP contribution in [0.2, 0.25) is 0 Å². The molecule has 0 bridgehead atoms. The van der Waals surface area contributed by atoms with Crippen molar-refractivity contribution in [2.24, 2.45) is 0 Å². The van der Waals surface area contributed by atoms with E-state index in [9.17, 15) is 30.3 Å². The van der Waals surface area contributed by atoms with Gasteiger partial charge in [-0.25, -0.2) is 0 Å². The molecule has 406 valence electrons. The first-order valence-corrected chi connectivity index (χ1v) is 29.7. The van der Waals surface area contributed by atoms with Crippen LogP contribution >= 0.6 is 0 Å². The van der Waals surface area contributed by atoms with E-state index in [1.165, 1.54) is 218 Å². The van der Waals surface area contributed by atoms with Crippen molar-refractivity contribution in [3.05, 3.63) is 36.5 Å². The third-order valence-corrected chi connectivity index (χ3v) is 14.2. The van der Waals surface area contributed by atoms with Crippen LogP contribution in [0.15, 0.2) is 36.5 Å². The standard InChI is InChI=1S/C60H113NO8/c1-3-5-7-9-11-13-15-16-17-18-19-20-21-22-23-24-25-26-27-28-29-30-31-32-33-34-35-36-37-38-40-42-44-46-48-50-56(64)61-53(52-68-60-59(67)58(66)57(65)55(51-62)69-60)54(63)49-47-45-43-41-39-14-12-10-8-6-4-2/h15-16,18-19,47,49,53-55,57-60,62-63,65-67H,3-14,17,20-46,48,50-52H2,1-2H3,(H,61,64)/b16-15-,19-18-,49-47+. The summed E-state index contributed by atoms with van der Waals surface area (Å²) < 4.78 is 11.2. The Labute approximate surface area is 425 Å². The Hall–Kier alpha value is -1.59. The van der Waals surface area contributed by atoms with Gasteiger partial charge in [-0.2, -0.15) is 0 Å². The van der Waals surface area contributed by atoms with Gasteiger partial charge in [0.2, 0.25) is 5.91 Å². The lowest BCUT2D eigenvalue weighted by atomic mass is 9.99. The number of allylic oxidation sites excluding steroid dienone is 5. The summed E-state index contributed by atoms with van der Waals surface area (Å²) >= 11 is 0. The van der Waals surface area contributed by atoms with Gasteiger partial charge in [0.1, 0.15) is 24.4 Å². The summed E-state index contributed by atoms with van der Waals surface area (Å²) in [6.45, 7) is 3.77. The van der Waals surface area contributed by atoms with Crippen LogP contribution < -0.4 is 5.32 Å². The molecule has 9 heteroatoms. The summed E-state index contributed by atoms with van der Waals surface area (Å²) in [4.78, 5) is 13.0. The second-order valence-electron chi connectivity index (χ2n) is 20.8. The number of unbranched alkanes of at least 4 members (excludes halogenated alkanes) is 37. The zero-order valence-corrected chi connectivity index (χ0v) is 45.1. The molecule has 1 aliphatic heterocycles. The minimum atomic E-state index is -1.56. The Bertz CT molecular complexity index is 1180. The van der Waals surface area contributed by atoms with Crippen LogP contribution in [0.3, 0.4) is 0 Å². The van der Waals surface area contributed by atoms with Gasteiger partial charge in [0, 0.05) is 6.42 Å². The fourth-order valence-electron chi connectivity index (χ4n) is 9.48. The topological polar surface area (TPSA) is 149 Å². The third kappa shape index (κ3) is 39.6. The molecule has 7 unspecified atom stereocenters. The molecule has 0 saturated carbocycles. The molecule has 1 amide bonds. The van der Waals surface area contributed by atoms with E-state index in [-0.39, 0.29) is 12.5 Å². The summed E-state index contributed by atoms with van der Waals surface area (Å²) in [6.07, 6.45) is 58.1. The second-order valence-corrected chi connectivity index (χ2v) is 20.8. The van der Waals surface area contributed by atoms with Gasteiger partial charge < -0.3 is 40.3 Å². The first-order chi connectivity index (χ1) is 33.8. The lowest BCUT2D eigenvalue weighted by Crippen LogP contribution is -2.60. The Morgan fingerprint density at radius 1 is 0.493 bits per heavy atom. The maximum atomic E-state index is 13.0. The van der Waals surface area contributed by atoms with E-state index in [0.717, 1.165) is 44.9 Å². The lowest BCUT2D eigenvalue weighted by molar-refractivity contribution is -0.302. The van der Waals surface area contributed by atoms with Gasteiger partial charge in [-0.05, 0) is 51.4 Å². The fourth-order valence-corrected chi connectivity index (χ4v) is 9.48. The molecule has 1 rings (SSSR count). The molecule has 1 saturated heterocycles. The molecule has 0 aromatic carbocycles. The van der Waals surface area contributed by atoms with Crippen LogP contribution in [-0.2, 0) is 14.3 Å². The predicted octanol–water partition coefficient (Wildman–Crippen LogP) is 14.7. The van der Waals surface area contributed by atoms with Crippen molar-refractivity contribution in [3.8, 4) is 0 Å². The van der Waals surface area contributed by atoms with Crippen LogP contribution in [0.1, 0.15) is 284 Å². The predicted molar refractivity (Wildman–Crippen MR) is 290 cm³/mol. The van der Waals surface area contributed by atoms with Crippen LogP contribution in [-0.4, -0.2) is 87.5 Å². The SMILES string of the molecule is CCCCCCC/C=C\C/C=C\CCCCCCCCCCCCCCCCCCCCCCCCCC(=O)NC(COC1OC(CO)C(O)C(O)C1O)C(O)/C=C/CCCCCCCCCCC. The van der Waals surface area contributed by atoms with Crippen LogP contribution in [0.5, 0.6) is 0 Å². The Morgan fingerprint density at radius 3 is 1.25 bits per heavy atom. The quantitative estimate of drug-likeness (QED) is 0.0261. The van der Waals surface area contributed by atoms with Gasteiger partial charge in [0.25, 0.3) is 0 Å². The summed E-state index contributed by atoms with van der Waals surface area (Å²) in [6, 6.07) is -0.801. The molecular weight excluding hydrogens is 863 g/mol. The first kappa shape index (κ1) is 65.4. The number of aliphatic hydroxyl groups is 5. The van der Waals surface area contributed by atoms with Crippen molar-refractivity contribution < 1.29 is 39.8 Å². The van der Waals surface area contributed by atoms with Gasteiger partial charge in [-0.1, -0.05) is 262 Å². The number of aliphatic hydroxyl groups excluding tert-OH is 5. The average Bonchev–Trinajstić information content (AvgIpc) is 3.35. The van der Waals surface area contributed by atoms with E-state index < -0.39 is 49.5 Å². The molecule has 0 spiro atoms. The highest BCUT2D eigenvalue weighted by molar-refractivity contribution is 5.76. The minimum Gasteiger partial charge on any atom is -0.394 e. The zero-order chi connectivity index (χ0) is 50.1. The Balaban J connectivity index is 2.05. The van der Waals surface area contributed by atoms with E-state index in [4.69, 9.17) is 9.47 Å². The summed E-state index contributed by atoms with van der Waals surface area (Å²) in [5.41, 5.74) is 0. The smallest absolute Gasteiger partial charge is 0.220 e. The van der Waals surface area contributed by atoms with Crippen LogP contribution in [0.4, 0.5) is 0 Å². The van der Waals surface area contributed by atoms with Gasteiger partial charge in [-0.15, -0.1) is 0 Å². The lowest BCUT2D eigenvalue weighted by Gasteiger charge is -2.40. The van der Waals surface area contributed by atoms with Gasteiger partial charge in [-0.3, -0.25) is 4.79 Å². The zero-order valence-electron chi connectivity index (χ0n) is 45.1. The fraction of sp³-hybridized carbons (Fsp3) is 0.883. The molecular formula is C60H113NO8. The van der Waals surface area contributed by atoms with E-state index in [2.05, 4.69) is 43.5 Å². The molecule has 6 N–H and O–H groups in total. The van der Waals surface area contributed by atoms with Crippen molar-refractivity contribution in [2.45, 2.75) is 326 Å². The summed E-state index contributed by atoms with van der Waals surface area (Å²) in [5, 5.41) is 54.3. The van der Waals surface area contributed by atoms with E-state index in [1.54, 1.807) is 6.08 Å². The van der Waals surface area contributed by atoms with E-state index in [0.29, 0.717) is 6.42 Å². The van der Waals surface area contributed by atoms with Gasteiger partial charge in [0.15, 0.2) is 6.29 Å². The van der Waals surface area contributed by atoms with Crippen molar-refractivity contribution in [1.29, 1.82) is 0 Å². The second kappa shape index (κ2) is 50.0. The molecule has 7 atom stereocenters. The molecule has 1 aliphatic rings. The number of carbonyl (C=O) groups excluding carboxylic acids is 1. The molecule has 9 nitrogen and oxygen atoms in total.